The fraction of sp³-hybridized carbons (Fsp3) is 0.0909. The summed E-state index contributed by atoms with van der Waals surface area (Å²) >= 11 is 0. The molecule has 0 fully saturated rings. The van der Waals surface area contributed by atoms with E-state index in [1.165, 1.54) is 0 Å². The number of benzene rings is 1. The minimum absolute atomic E-state index is 0. The summed E-state index contributed by atoms with van der Waals surface area (Å²) < 4.78 is 4.87. The molecule has 0 spiro atoms. The number of nitrogens with zero attached hydrogens (tertiary/aromatic N) is 1. The van der Waals surface area contributed by atoms with Crippen LogP contribution in [0.4, 0.5) is 0 Å². The molecule has 4 nitrogen and oxygen atoms in total. The Balaban J connectivity index is 0.00000128. The van der Waals surface area contributed by atoms with E-state index in [2.05, 4.69) is 0 Å². The third kappa shape index (κ3) is 1.98. The van der Waals surface area contributed by atoms with Gasteiger partial charge in [-0.25, -0.2) is 4.79 Å². The van der Waals surface area contributed by atoms with Gasteiger partial charge in [0.25, 0.3) is 0 Å². The Kier molecular flexibility index (Phi) is 3.76. The van der Waals surface area contributed by atoms with Crippen LogP contribution >= 0.6 is 0 Å². The van der Waals surface area contributed by atoms with Crippen LogP contribution in [0.5, 0.6) is 5.75 Å². The second-order valence-electron chi connectivity index (χ2n) is 3.21. The SMILES string of the molecule is Cc1ccc2c([O-])c(C#N)c(=O)oc2c1.[Na+]. The fourth-order valence-corrected chi connectivity index (χ4v) is 1.38. The summed E-state index contributed by atoms with van der Waals surface area (Å²) in [6.07, 6.45) is 0. The quantitative estimate of drug-likeness (QED) is 0.384. The van der Waals surface area contributed by atoms with Crippen LogP contribution in [0.3, 0.4) is 0 Å². The van der Waals surface area contributed by atoms with E-state index >= 15 is 0 Å². The zero-order valence-electron chi connectivity index (χ0n) is 8.90. The molecule has 0 radical (unpaired) electrons. The molecule has 74 valence electrons. The molecule has 1 heterocycles. The van der Waals surface area contributed by atoms with E-state index in [-0.39, 0.29) is 40.5 Å². The summed E-state index contributed by atoms with van der Waals surface area (Å²) in [5, 5.41) is 20.5. The molecular weight excluding hydrogens is 217 g/mol. The first kappa shape index (κ1) is 12.8. The molecule has 5 heteroatoms. The van der Waals surface area contributed by atoms with Gasteiger partial charge in [0.15, 0.2) is 0 Å². The second-order valence-corrected chi connectivity index (χ2v) is 3.21. The molecule has 0 aliphatic heterocycles. The van der Waals surface area contributed by atoms with Crippen LogP contribution in [0.1, 0.15) is 11.1 Å². The third-order valence-corrected chi connectivity index (χ3v) is 2.13. The van der Waals surface area contributed by atoms with Crippen molar-refractivity contribution in [2.45, 2.75) is 6.92 Å². The van der Waals surface area contributed by atoms with E-state index in [4.69, 9.17) is 9.68 Å². The van der Waals surface area contributed by atoms with E-state index in [0.717, 1.165) is 5.56 Å². The Bertz CT molecular complexity index is 640. The van der Waals surface area contributed by atoms with E-state index in [1.54, 1.807) is 24.3 Å². The van der Waals surface area contributed by atoms with Crippen LogP contribution in [0.2, 0.25) is 0 Å². The average Bonchev–Trinajstić information content (AvgIpc) is 2.17. The van der Waals surface area contributed by atoms with E-state index < -0.39 is 16.9 Å². The Labute approximate surface area is 113 Å². The Morgan fingerprint density at radius 3 is 2.75 bits per heavy atom. The molecule has 0 N–H and O–H groups in total. The third-order valence-electron chi connectivity index (χ3n) is 2.13. The number of hydrogen-bond donors (Lipinski definition) is 0. The first-order valence-electron chi connectivity index (χ1n) is 4.28. The Morgan fingerprint density at radius 1 is 1.44 bits per heavy atom. The summed E-state index contributed by atoms with van der Waals surface area (Å²) in [5.41, 5.74) is -0.231. The molecule has 0 saturated carbocycles. The van der Waals surface area contributed by atoms with Gasteiger partial charge in [-0.3, -0.25) is 0 Å². The van der Waals surface area contributed by atoms with Gasteiger partial charge in [-0.05, 0) is 18.6 Å². The maximum Gasteiger partial charge on any atom is 1.00 e. The monoisotopic (exact) mass is 223 g/mol. The second kappa shape index (κ2) is 4.71. The van der Waals surface area contributed by atoms with Gasteiger partial charge in [-0.2, -0.15) is 5.26 Å². The predicted molar refractivity (Wildman–Crippen MR) is 51.4 cm³/mol. The summed E-state index contributed by atoms with van der Waals surface area (Å²) in [7, 11) is 0. The molecule has 2 aromatic rings. The van der Waals surface area contributed by atoms with Crippen molar-refractivity contribution < 1.29 is 39.1 Å². The normalized spacial score (nSPS) is 9.50. The van der Waals surface area contributed by atoms with Gasteiger partial charge in [0, 0.05) is 5.39 Å². The molecule has 0 bridgehead atoms. The van der Waals surface area contributed by atoms with Crippen molar-refractivity contribution >= 4 is 11.0 Å². The van der Waals surface area contributed by atoms with Crippen LogP contribution in [-0.4, -0.2) is 0 Å². The maximum atomic E-state index is 11.6. The molecular formula is C11H6NNaO3. The van der Waals surface area contributed by atoms with Gasteiger partial charge < -0.3 is 9.52 Å². The molecule has 0 aliphatic rings. The van der Waals surface area contributed by atoms with Crippen LogP contribution in [0.25, 0.3) is 11.0 Å². The predicted octanol–water partition coefficient (Wildman–Crippen LogP) is -1.95. The van der Waals surface area contributed by atoms with Gasteiger partial charge in [-0.15, -0.1) is 0 Å². The molecule has 0 atom stereocenters. The molecule has 0 amide bonds. The summed E-state index contributed by atoms with van der Waals surface area (Å²) in [6, 6.07) is 6.43. The fourth-order valence-electron chi connectivity index (χ4n) is 1.38. The van der Waals surface area contributed by atoms with Crippen LogP contribution in [-0.2, 0) is 0 Å². The van der Waals surface area contributed by atoms with Crippen molar-refractivity contribution in [2.24, 2.45) is 0 Å². The molecule has 0 unspecified atom stereocenters. The van der Waals surface area contributed by atoms with Crippen LogP contribution < -0.4 is 40.3 Å². The minimum Gasteiger partial charge on any atom is -0.871 e. The number of fused-ring (bicyclic) bond motifs is 1. The first-order valence-corrected chi connectivity index (χ1v) is 4.28. The van der Waals surface area contributed by atoms with Crippen molar-refractivity contribution in [3.63, 3.8) is 0 Å². The number of rotatable bonds is 0. The van der Waals surface area contributed by atoms with Crippen molar-refractivity contribution in [1.82, 2.24) is 0 Å². The average molecular weight is 223 g/mol. The standard InChI is InChI=1S/C11H7NO3.Na/c1-6-2-3-7-9(4-6)15-11(14)8(5-12)10(7)13;/h2-4,13H,1H3;/q;+1/p-1. The van der Waals surface area contributed by atoms with Crippen LogP contribution in [0.15, 0.2) is 27.4 Å². The van der Waals surface area contributed by atoms with Gasteiger partial charge >= 0.3 is 35.2 Å². The molecule has 1 aromatic carbocycles. The van der Waals surface area contributed by atoms with Gasteiger partial charge in [-0.1, -0.05) is 17.9 Å². The summed E-state index contributed by atoms with van der Waals surface area (Å²) in [5.74, 6) is -0.566. The number of aryl methyl sites for hydroxylation is 1. The van der Waals surface area contributed by atoms with Gasteiger partial charge in [0.05, 0.1) is 0 Å². The zero-order valence-corrected chi connectivity index (χ0v) is 10.9. The molecule has 16 heavy (non-hydrogen) atoms. The zero-order chi connectivity index (χ0) is 11.0. The van der Waals surface area contributed by atoms with Crippen molar-refractivity contribution in [1.29, 1.82) is 5.26 Å². The van der Waals surface area contributed by atoms with Gasteiger partial charge in [0.1, 0.15) is 17.2 Å². The van der Waals surface area contributed by atoms with Gasteiger partial charge in [0.2, 0.25) is 0 Å². The minimum atomic E-state index is -0.874. The molecule has 0 saturated heterocycles. The topological polar surface area (TPSA) is 77.1 Å². The maximum absolute atomic E-state index is 11.6. The van der Waals surface area contributed by atoms with Crippen molar-refractivity contribution in [3.05, 3.63) is 39.7 Å². The number of hydrogen-bond acceptors (Lipinski definition) is 4. The van der Waals surface area contributed by atoms with Crippen molar-refractivity contribution in [2.75, 3.05) is 0 Å². The smallest absolute Gasteiger partial charge is 0.871 e. The Morgan fingerprint density at radius 2 is 2.12 bits per heavy atom. The molecule has 1 aromatic heterocycles. The first-order chi connectivity index (χ1) is 7.13. The molecule has 2 rings (SSSR count). The van der Waals surface area contributed by atoms with Crippen molar-refractivity contribution in [3.8, 4) is 11.8 Å². The van der Waals surface area contributed by atoms with E-state index in [9.17, 15) is 9.90 Å². The van der Waals surface area contributed by atoms with Crippen LogP contribution in [0, 0.1) is 18.3 Å². The van der Waals surface area contributed by atoms with E-state index in [0.29, 0.717) is 0 Å². The molecule has 0 aliphatic carbocycles. The van der Waals surface area contributed by atoms with E-state index in [1.807, 2.05) is 6.92 Å². The largest absolute Gasteiger partial charge is 1.00 e. The summed E-state index contributed by atoms with van der Waals surface area (Å²) in [4.78, 5) is 11.2. The Hall–Kier alpha value is -1.28. The number of nitriles is 1. The summed E-state index contributed by atoms with van der Waals surface area (Å²) in [6.45, 7) is 1.82.